The number of ether oxygens (including phenoxy) is 1. The molecular formula is C16H12O2. The summed E-state index contributed by atoms with van der Waals surface area (Å²) in [5, 5.41) is 0. The fourth-order valence-corrected chi connectivity index (χ4v) is 2.44. The van der Waals surface area contributed by atoms with Gasteiger partial charge >= 0.3 is 0 Å². The van der Waals surface area contributed by atoms with Gasteiger partial charge in [0.1, 0.15) is 5.76 Å². The molecule has 2 nitrogen and oxygen atoms in total. The molecule has 3 rings (SSSR count). The molecule has 0 fully saturated rings. The molecule has 0 bridgehead atoms. The summed E-state index contributed by atoms with van der Waals surface area (Å²) < 4.78 is 5.39. The van der Waals surface area contributed by atoms with Crippen molar-refractivity contribution in [3.63, 3.8) is 0 Å². The van der Waals surface area contributed by atoms with E-state index in [-0.39, 0.29) is 5.78 Å². The van der Waals surface area contributed by atoms with Crippen molar-refractivity contribution in [3.8, 4) is 11.1 Å². The van der Waals surface area contributed by atoms with Crippen LogP contribution in [-0.4, -0.2) is 5.78 Å². The maximum Gasteiger partial charge on any atom is 0.193 e. The third-order valence-electron chi connectivity index (χ3n) is 3.26. The predicted molar refractivity (Wildman–Crippen MR) is 71.3 cm³/mol. The van der Waals surface area contributed by atoms with E-state index in [9.17, 15) is 4.79 Å². The van der Waals surface area contributed by atoms with Crippen molar-refractivity contribution in [1.29, 1.82) is 0 Å². The van der Waals surface area contributed by atoms with E-state index in [4.69, 9.17) is 4.74 Å². The highest BCUT2D eigenvalue weighted by Crippen LogP contribution is 2.42. The molecule has 0 aliphatic heterocycles. The highest BCUT2D eigenvalue weighted by molar-refractivity contribution is 6.23. The lowest BCUT2D eigenvalue weighted by molar-refractivity contribution is 0.103. The van der Waals surface area contributed by atoms with Gasteiger partial charge in [-0.05, 0) is 24.1 Å². The van der Waals surface area contributed by atoms with Crippen LogP contribution in [0.2, 0.25) is 0 Å². The molecular weight excluding hydrogens is 224 g/mol. The highest BCUT2D eigenvalue weighted by Gasteiger charge is 2.33. The monoisotopic (exact) mass is 236 g/mol. The lowest BCUT2D eigenvalue weighted by Gasteiger charge is -2.01. The first-order valence-electron chi connectivity index (χ1n) is 5.79. The van der Waals surface area contributed by atoms with Gasteiger partial charge in [0, 0.05) is 16.7 Å². The molecule has 0 amide bonds. The first-order valence-corrected chi connectivity index (χ1v) is 5.79. The Morgan fingerprint density at radius 1 is 1.17 bits per heavy atom. The lowest BCUT2D eigenvalue weighted by atomic mass is 10.1. The number of allylic oxidation sites excluding steroid dienone is 1. The van der Waals surface area contributed by atoms with Gasteiger partial charge in [0.25, 0.3) is 0 Å². The summed E-state index contributed by atoms with van der Waals surface area (Å²) >= 11 is 0. The van der Waals surface area contributed by atoms with Gasteiger partial charge in [0.05, 0.1) is 6.26 Å². The van der Waals surface area contributed by atoms with Gasteiger partial charge in [-0.25, -0.2) is 0 Å². The number of fused-ring (bicyclic) bond motifs is 3. The van der Waals surface area contributed by atoms with Crippen LogP contribution in [0.15, 0.2) is 54.8 Å². The number of ketones is 1. The van der Waals surface area contributed by atoms with E-state index >= 15 is 0 Å². The molecule has 3 aliphatic rings. The van der Waals surface area contributed by atoms with Gasteiger partial charge in [-0.1, -0.05) is 36.9 Å². The van der Waals surface area contributed by atoms with E-state index in [0.29, 0.717) is 11.3 Å². The van der Waals surface area contributed by atoms with E-state index in [0.717, 1.165) is 22.3 Å². The second-order valence-corrected chi connectivity index (χ2v) is 4.28. The Morgan fingerprint density at radius 2 is 1.94 bits per heavy atom. The summed E-state index contributed by atoms with van der Waals surface area (Å²) in [5.74, 6) is 0.673. The molecule has 2 heteroatoms. The Morgan fingerprint density at radius 3 is 2.72 bits per heavy atom. The molecule has 88 valence electrons. The Hall–Kier alpha value is -2.35. The minimum Gasteiger partial charge on any atom is -0.465 e. The maximum absolute atomic E-state index is 12.3. The van der Waals surface area contributed by atoms with E-state index in [2.05, 4.69) is 6.58 Å². The molecule has 0 radical (unpaired) electrons. The summed E-state index contributed by atoms with van der Waals surface area (Å²) in [6.45, 7) is 5.34. The molecule has 0 unspecified atom stereocenters. The Kier molecular flexibility index (Phi) is 2.30. The number of carbonyl (C=O) groups is 1. The Bertz CT molecular complexity index is 665. The Balaban J connectivity index is 2.31. The molecule has 18 heavy (non-hydrogen) atoms. The normalized spacial score (nSPS) is 13.9. The van der Waals surface area contributed by atoms with E-state index in [1.54, 1.807) is 6.92 Å². The van der Waals surface area contributed by atoms with Gasteiger partial charge < -0.3 is 4.74 Å². The minimum absolute atomic E-state index is 0.0445. The minimum atomic E-state index is 0.0445. The molecule has 0 spiro atoms. The van der Waals surface area contributed by atoms with Crippen molar-refractivity contribution in [3.05, 3.63) is 65.9 Å². The van der Waals surface area contributed by atoms with Crippen LogP contribution in [-0.2, 0) is 4.74 Å². The number of carbonyl (C=O) groups excluding carboxylic acids is 1. The summed E-state index contributed by atoms with van der Waals surface area (Å²) in [7, 11) is 0. The average Bonchev–Trinajstić information content (AvgIpc) is 2.70. The van der Waals surface area contributed by atoms with Gasteiger partial charge in [-0.2, -0.15) is 0 Å². The summed E-state index contributed by atoms with van der Waals surface area (Å²) in [6, 6.07) is 11.8. The number of hydrogen-bond donors (Lipinski definition) is 0. The van der Waals surface area contributed by atoms with Crippen LogP contribution in [0.5, 0.6) is 0 Å². The molecule has 0 aromatic carbocycles. The second-order valence-electron chi connectivity index (χ2n) is 4.28. The quantitative estimate of drug-likeness (QED) is 0.740. The molecule has 0 saturated heterocycles. The van der Waals surface area contributed by atoms with Gasteiger partial charge in [-0.15, -0.1) is 0 Å². The lowest BCUT2D eigenvalue weighted by Crippen LogP contribution is -1.95. The van der Waals surface area contributed by atoms with Crippen LogP contribution in [0.3, 0.4) is 0 Å². The number of hydrogen-bond acceptors (Lipinski definition) is 2. The smallest absolute Gasteiger partial charge is 0.193 e. The fourth-order valence-electron chi connectivity index (χ4n) is 2.44. The fraction of sp³-hybridized carbons (Fsp3) is 0.0625. The molecule has 0 saturated carbocycles. The molecule has 0 aromatic rings. The molecule has 0 N–H and O–H groups in total. The van der Waals surface area contributed by atoms with Gasteiger partial charge in [0.2, 0.25) is 0 Å². The van der Waals surface area contributed by atoms with E-state index in [1.807, 2.05) is 36.4 Å². The zero-order valence-electron chi connectivity index (χ0n) is 10.1. The van der Waals surface area contributed by atoms with Crippen molar-refractivity contribution in [2.45, 2.75) is 6.92 Å². The molecule has 0 atom stereocenters. The highest BCUT2D eigenvalue weighted by atomic mass is 16.5. The van der Waals surface area contributed by atoms with Crippen molar-refractivity contribution in [1.82, 2.24) is 0 Å². The average molecular weight is 236 g/mol. The first-order chi connectivity index (χ1) is 8.74. The molecule has 0 aromatic heterocycles. The van der Waals surface area contributed by atoms with Crippen LogP contribution in [0.4, 0.5) is 0 Å². The largest absolute Gasteiger partial charge is 0.465 e. The number of Topliss-reactive ketones (excluding diaryl/α,β-unsaturated/α-hetero) is 1. The SMILES string of the molecule is C=COC1=C(C)C(=O)c2c1cc1cccccc2-1. The predicted octanol–water partition coefficient (Wildman–Crippen LogP) is 3.88. The molecule has 3 aliphatic carbocycles. The van der Waals surface area contributed by atoms with Crippen LogP contribution >= 0.6 is 0 Å². The Labute approximate surface area is 106 Å². The van der Waals surface area contributed by atoms with Gasteiger partial charge in [0.15, 0.2) is 5.78 Å². The van der Waals surface area contributed by atoms with Crippen LogP contribution in [0.25, 0.3) is 16.9 Å². The third-order valence-corrected chi connectivity index (χ3v) is 3.26. The van der Waals surface area contributed by atoms with Crippen molar-refractivity contribution >= 4 is 11.5 Å². The summed E-state index contributed by atoms with van der Waals surface area (Å²) in [4.78, 5) is 12.3. The third kappa shape index (κ3) is 1.32. The van der Waals surface area contributed by atoms with Crippen LogP contribution < -0.4 is 0 Å². The molecule has 0 heterocycles. The van der Waals surface area contributed by atoms with Gasteiger partial charge in [-0.3, -0.25) is 4.79 Å². The van der Waals surface area contributed by atoms with Crippen molar-refractivity contribution < 1.29 is 9.53 Å². The zero-order chi connectivity index (χ0) is 12.7. The van der Waals surface area contributed by atoms with Crippen molar-refractivity contribution in [2.24, 2.45) is 0 Å². The maximum atomic E-state index is 12.3. The zero-order valence-corrected chi connectivity index (χ0v) is 10.1. The number of rotatable bonds is 2. The second kappa shape index (κ2) is 3.84. The van der Waals surface area contributed by atoms with Crippen LogP contribution in [0.1, 0.15) is 22.8 Å². The van der Waals surface area contributed by atoms with Crippen molar-refractivity contribution in [2.75, 3.05) is 0 Å². The topological polar surface area (TPSA) is 26.3 Å². The first kappa shape index (κ1) is 10.8. The standard InChI is InChI=1S/C16H12O2/c1-3-18-16-10(2)15(17)14-12-8-6-4-5-7-11(12)9-13(14)16/h3-9H,1H2,2H3. The summed E-state index contributed by atoms with van der Waals surface area (Å²) in [6.07, 6.45) is 1.36. The van der Waals surface area contributed by atoms with E-state index in [1.165, 1.54) is 6.26 Å². The van der Waals surface area contributed by atoms with E-state index < -0.39 is 0 Å². The summed E-state index contributed by atoms with van der Waals surface area (Å²) in [5.41, 5.74) is 4.29. The van der Waals surface area contributed by atoms with Crippen LogP contribution in [0, 0.1) is 0 Å².